The average molecular weight is 274 g/mol. The Morgan fingerprint density at radius 1 is 1.30 bits per heavy atom. The van der Waals surface area contributed by atoms with Gasteiger partial charge in [0.2, 0.25) is 0 Å². The van der Waals surface area contributed by atoms with Crippen LogP contribution in [0.1, 0.15) is 39.0 Å². The second-order valence-corrected chi connectivity index (χ2v) is 4.98. The van der Waals surface area contributed by atoms with Gasteiger partial charge in [-0.3, -0.25) is 10.2 Å². The third-order valence-corrected chi connectivity index (χ3v) is 3.50. The molecule has 0 saturated heterocycles. The van der Waals surface area contributed by atoms with Crippen LogP contribution in [-0.4, -0.2) is 18.3 Å². The summed E-state index contributed by atoms with van der Waals surface area (Å²) >= 11 is 0. The van der Waals surface area contributed by atoms with E-state index in [1.165, 1.54) is 0 Å². The van der Waals surface area contributed by atoms with Gasteiger partial charge in [0.05, 0.1) is 23.9 Å². The van der Waals surface area contributed by atoms with Crippen molar-refractivity contribution in [2.45, 2.75) is 39.0 Å². The Labute approximate surface area is 120 Å². The summed E-state index contributed by atoms with van der Waals surface area (Å²) in [5.41, 5.74) is 4.91. The molecule has 20 heavy (non-hydrogen) atoms. The van der Waals surface area contributed by atoms with Crippen LogP contribution in [0.2, 0.25) is 0 Å². The largest absolute Gasteiger partial charge is 0.465 e. The number of ether oxygens (including phenoxy) is 1. The predicted molar refractivity (Wildman–Crippen MR) is 80.7 cm³/mol. The Hall–Kier alpha value is -1.84. The van der Waals surface area contributed by atoms with E-state index in [0.717, 1.165) is 43.5 Å². The molecular formula is C16H22N2O2. The third kappa shape index (κ3) is 4.08. The SMILES string of the molecule is CCOC(=O)[C@H]1CCCCC/C1=N/Nc1ccccc1. The highest BCUT2D eigenvalue weighted by Gasteiger charge is 2.27. The van der Waals surface area contributed by atoms with E-state index in [9.17, 15) is 4.79 Å². The van der Waals surface area contributed by atoms with E-state index < -0.39 is 0 Å². The van der Waals surface area contributed by atoms with Crippen molar-refractivity contribution in [2.24, 2.45) is 11.0 Å². The molecule has 4 heteroatoms. The maximum absolute atomic E-state index is 12.0. The molecule has 2 rings (SSSR count). The smallest absolute Gasteiger partial charge is 0.314 e. The first-order valence-corrected chi connectivity index (χ1v) is 7.35. The second kappa shape index (κ2) is 7.68. The summed E-state index contributed by atoms with van der Waals surface area (Å²) in [6, 6.07) is 9.79. The van der Waals surface area contributed by atoms with Crippen LogP contribution in [0.4, 0.5) is 5.69 Å². The topological polar surface area (TPSA) is 50.7 Å². The Morgan fingerprint density at radius 2 is 2.10 bits per heavy atom. The Kier molecular flexibility index (Phi) is 5.59. The van der Waals surface area contributed by atoms with Gasteiger partial charge in [0.15, 0.2) is 0 Å². The van der Waals surface area contributed by atoms with E-state index >= 15 is 0 Å². The molecule has 0 radical (unpaired) electrons. The highest BCUT2D eigenvalue weighted by Crippen LogP contribution is 2.22. The molecule has 1 N–H and O–H groups in total. The van der Waals surface area contributed by atoms with Gasteiger partial charge in [0.25, 0.3) is 0 Å². The van der Waals surface area contributed by atoms with Crippen molar-refractivity contribution in [3.63, 3.8) is 0 Å². The second-order valence-electron chi connectivity index (χ2n) is 4.98. The van der Waals surface area contributed by atoms with E-state index in [0.29, 0.717) is 6.61 Å². The van der Waals surface area contributed by atoms with Crippen LogP contribution in [0.3, 0.4) is 0 Å². The average Bonchev–Trinajstić information content (AvgIpc) is 2.72. The quantitative estimate of drug-likeness (QED) is 0.518. The summed E-state index contributed by atoms with van der Waals surface area (Å²) in [7, 11) is 0. The van der Waals surface area contributed by atoms with Gasteiger partial charge in [-0.2, -0.15) is 5.10 Å². The molecule has 0 unspecified atom stereocenters. The predicted octanol–water partition coefficient (Wildman–Crippen LogP) is 3.60. The fourth-order valence-corrected chi connectivity index (χ4v) is 2.45. The minimum Gasteiger partial charge on any atom is -0.465 e. The van der Waals surface area contributed by atoms with Gasteiger partial charge in [0, 0.05) is 0 Å². The molecule has 0 spiro atoms. The van der Waals surface area contributed by atoms with Crippen molar-refractivity contribution in [1.82, 2.24) is 0 Å². The lowest BCUT2D eigenvalue weighted by Crippen LogP contribution is -2.26. The van der Waals surface area contributed by atoms with Crippen LogP contribution in [0.5, 0.6) is 0 Å². The van der Waals surface area contributed by atoms with Crippen LogP contribution < -0.4 is 5.43 Å². The number of para-hydroxylation sites is 1. The van der Waals surface area contributed by atoms with Gasteiger partial charge in [-0.05, 0) is 38.3 Å². The van der Waals surface area contributed by atoms with Crippen LogP contribution >= 0.6 is 0 Å². The zero-order chi connectivity index (χ0) is 14.2. The molecule has 1 aromatic carbocycles. The molecule has 1 saturated carbocycles. The lowest BCUT2D eigenvalue weighted by Gasteiger charge is -2.15. The summed E-state index contributed by atoms with van der Waals surface area (Å²) in [6.07, 6.45) is 5.01. The molecular weight excluding hydrogens is 252 g/mol. The first-order valence-electron chi connectivity index (χ1n) is 7.35. The van der Waals surface area contributed by atoms with Gasteiger partial charge in [-0.25, -0.2) is 0 Å². The number of hydrazone groups is 1. The van der Waals surface area contributed by atoms with Gasteiger partial charge in [-0.1, -0.05) is 31.0 Å². The zero-order valence-electron chi connectivity index (χ0n) is 12.0. The number of carbonyl (C=O) groups is 1. The number of anilines is 1. The van der Waals surface area contributed by atoms with Crippen molar-refractivity contribution in [3.8, 4) is 0 Å². The number of esters is 1. The molecule has 108 valence electrons. The summed E-state index contributed by atoms with van der Waals surface area (Å²) in [5.74, 6) is -0.323. The number of hydrogen-bond acceptors (Lipinski definition) is 4. The molecule has 1 aliphatic rings. The highest BCUT2D eigenvalue weighted by atomic mass is 16.5. The van der Waals surface area contributed by atoms with Crippen LogP contribution in [-0.2, 0) is 9.53 Å². The third-order valence-electron chi connectivity index (χ3n) is 3.50. The summed E-state index contributed by atoms with van der Waals surface area (Å²) in [4.78, 5) is 12.0. The molecule has 4 nitrogen and oxygen atoms in total. The van der Waals surface area contributed by atoms with Gasteiger partial charge < -0.3 is 4.74 Å². The standard InChI is InChI=1S/C16H22N2O2/c1-2-20-16(19)14-11-7-4-8-12-15(14)18-17-13-9-5-3-6-10-13/h3,5-6,9-10,14,17H,2,4,7-8,11-12H2,1H3/b18-15-/t14-/m0/s1. The normalized spacial score (nSPS) is 21.2. The number of nitrogens with one attached hydrogen (secondary N) is 1. The minimum atomic E-state index is -0.186. The van der Waals surface area contributed by atoms with E-state index in [1.54, 1.807) is 0 Å². The Balaban J connectivity index is 2.09. The summed E-state index contributed by atoms with van der Waals surface area (Å²) < 4.78 is 5.17. The maximum Gasteiger partial charge on any atom is 0.314 e. The number of carbonyl (C=O) groups excluding carboxylic acids is 1. The van der Waals surface area contributed by atoms with Crippen molar-refractivity contribution in [2.75, 3.05) is 12.0 Å². The maximum atomic E-state index is 12.0. The number of benzene rings is 1. The first kappa shape index (κ1) is 14.6. The molecule has 1 fully saturated rings. The Morgan fingerprint density at radius 3 is 2.85 bits per heavy atom. The lowest BCUT2D eigenvalue weighted by atomic mass is 9.98. The van der Waals surface area contributed by atoms with E-state index in [1.807, 2.05) is 37.3 Å². The summed E-state index contributed by atoms with van der Waals surface area (Å²) in [6.45, 7) is 2.27. The first-order chi connectivity index (χ1) is 9.81. The Bertz CT molecular complexity index is 457. The van der Waals surface area contributed by atoms with E-state index in [4.69, 9.17) is 4.74 Å². The number of hydrogen-bond donors (Lipinski definition) is 1. The molecule has 0 aromatic heterocycles. The minimum absolute atomic E-state index is 0.136. The van der Waals surface area contributed by atoms with E-state index in [-0.39, 0.29) is 11.9 Å². The van der Waals surface area contributed by atoms with Crippen molar-refractivity contribution >= 4 is 17.4 Å². The molecule has 1 atom stereocenters. The molecule has 0 amide bonds. The fourth-order valence-electron chi connectivity index (χ4n) is 2.45. The summed E-state index contributed by atoms with van der Waals surface area (Å²) in [5, 5.41) is 4.46. The molecule has 0 bridgehead atoms. The van der Waals surface area contributed by atoms with Crippen LogP contribution in [0.15, 0.2) is 35.4 Å². The van der Waals surface area contributed by atoms with E-state index in [2.05, 4.69) is 10.5 Å². The van der Waals surface area contributed by atoms with Gasteiger partial charge >= 0.3 is 5.97 Å². The molecule has 1 aromatic rings. The monoisotopic (exact) mass is 274 g/mol. The lowest BCUT2D eigenvalue weighted by molar-refractivity contribution is -0.145. The molecule has 1 aliphatic carbocycles. The highest BCUT2D eigenvalue weighted by molar-refractivity contribution is 6.02. The van der Waals surface area contributed by atoms with Crippen molar-refractivity contribution < 1.29 is 9.53 Å². The zero-order valence-corrected chi connectivity index (χ0v) is 12.0. The fraction of sp³-hybridized carbons (Fsp3) is 0.500. The van der Waals surface area contributed by atoms with Crippen LogP contribution in [0, 0.1) is 5.92 Å². The van der Waals surface area contributed by atoms with Crippen molar-refractivity contribution in [1.29, 1.82) is 0 Å². The van der Waals surface area contributed by atoms with Crippen LogP contribution in [0.25, 0.3) is 0 Å². The van der Waals surface area contributed by atoms with Crippen molar-refractivity contribution in [3.05, 3.63) is 30.3 Å². The van der Waals surface area contributed by atoms with Gasteiger partial charge in [0.1, 0.15) is 0 Å². The molecule has 0 aliphatic heterocycles. The van der Waals surface area contributed by atoms with Gasteiger partial charge in [-0.15, -0.1) is 0 Å². The number of nitrogens with zero attached hydrogens (tertiary/aromatic N) is 1. The number of rotatable bonds is 4. The molecule has 0 heterocycles.